The average Bonchev–Trinajstić information content (AvgIpc) is 3.57. The Kier molecular flexibility index (Phi) is 8.91. The third-order valence-corrected chi connectivity index (χ3v) is 9.84. The van der Waals surface area contributed by atoms with Gasteiger partial charge in [-0.25, -0.2) is 0 Å². The van der Waals surface area contributed by atoms with Crippen LogP contribution in [-0.2, 0) is 38.2 Å². The Labute approximate surface area is 260 Å². The Bertz CT molecular complexity index is 1450. The lowest BCUT2D eigenvalue weighted by molar-refractivity contribution is -0.144. The summed E-state index contributed by atoms with van der Waals surface area (Å²) in [5.41, 5.74) is 0.157. The molecule has 6 rings (SSSR count). The molecule has 1 aliphatic carbocycles. The highest BCUT2D eigenvalue weighted by molar-refractivity contribution is 5.93. The molecule has 3 aliphatic heterocycles. The van der Waals surface area contributed by atoms with Crippen molar-refractivity contribution < 1.29 is 37.0 Å². The summed E-state index contributed by atoms with van der Waals surface area (Å²) in [6, 6.07) is 8.61. The fourth-order valence-corrected chi connectivity index (χ4v) is 7.52. The molecule has 4 heterocycles. The van der Waals surface area contributed by atoms with Crippen molar-refractivity contribution in [3.8, 4) is 5.75 Å². The third-order valence-electron chi connectivity index (χ3n) is 9.84. The van der Waals surface area contributed by atoms with Crippen LogP contribution in [0.4, 0.5) is 13.2 Å². The second-order valence-electron chi connectivity index (χ2n) is 12.5. The fourth-order valence-electron chi connectivity index (χ4n) is 7.52. The minimum absolute atomic E-state index is 0.0276. The molecule has 1 N–H and O–H groups in total. The summed E-state index contributed by atoms with van der Waals surface area (Å²) in [5, 5.41) is 3.73. The Morgan fingerprint density at radius 1 is 1.20 bits per heavy atom. The lowest BCUT2D eigenvalue weighted by atomic mass is 9.78. The van der Waals surface area contributed by atoms with Gasteiger partial charge in [-0.3, -0.25) is 14.6 Å². The number of alkyl halides is 3. The van der Waals surface area contributed by atoms with Crippen molar-refractivity contribution in [2.75, 3.05) is 47.1 Å². The normalized spacial score (nSPS) is 28.3. The van der Waals surface area contributed by atoms with Crippen LogP contribution in [0.25, 0.3) is 6.08 Å². The minimum atomic E-state index is -4.52. The van der Waals surface area contributed by atoms with E-state index in [1.165, 1.54) is 6.08 Å². The van der Waals surface area contributed by atoms with Crippen LogP contribution >= 0.6 is 0 Å². The van der Waals surface area contributed by atoms with Gasteiger partial charge in [0.05, 0.1) is 30.8 Å². The van der Waals surface area contributed by atoms with Crippen LogP contribution in [0.15, 0.2) is 42.6 Å². The van der Waals surface area contributed by atoms with Gasteiger partial charge in [-0.05, 0) is 60.6 Å². The van der Waals surface area contributed by atoms with Gasteiger partial charge in [0.1, 0.15) is 5.75 Å². The average molecular weight is 629 g/mol. The molecule has 2 unspecified atom stereocenters. The first-order valence-corrected chi connectivity index (χ1v) is 15.4. The highest BCUT2D eigenvalue weighted by Crippen LogP contribution is 2.51. The van der Waals surface area contributed by atoms with Crippen LogP contribution < -0.4 is 10.1 Å². The van der Waals surface area contributed by atoms with Gasteiger partial charge in [-0.1, -0.05) is 12.1 Å². The van der Waals surface area contributed by atoms with Gasteiger partial charge in [0.25, 0.3) is 0 Å². The molecule has 1 aromatic carbocycles. The first-order valence-electron chi connectivity index (χ1n) is 15.4. The van der Waals surface area contributed by atoms with Gasteiger partial charge >= 0.3 is 6.18 Å². The van der Waals surface area contributed by atoms with Crippen molar-refractivity contribution in [3.05, 3.63) is 65.0 Å². The number of fused-ring (bicyclic) bond motifs is 2. The molecule has 1 aromatic heterocycles. The fraction of sp³-hybridized carbons (Fsp3) is 0.545. The first-order chi connectivity index (χ1) is 21.6. The van der Waals surface area contributed by atoms with Crippen LogP contribution in [0.2, 0.25) is 0 Å². The lowest BCUT2D eigenvalue weighted by Gasteiger charge is -2.37. The smallest absolute Gasteiger partial charge is 0.417 e. The maximum absolute atomic E-state index is 14.5. The topological polar surface area (TPSA) is 93.2 Å². The maximum atomic E-state index is 14.5. The van der Waals surface area contributed by atoms with Gasteiger partial charge < -0.3 is 29.3 Å². The predicted octanol–water partition coefficient (Wildman–Crippen LogP) is 3.71. The van der Waals surface area contributed by atoms with Crippen molar-refractivity contribution >= 4 is 17.9 Å². The Balaban J connectivity index is 1.23. The van der Waals surface area contributed by atoms with Gasteiger partial charge in [0.15, 0.2) is 0 Å². The van der Waals surface area contributed by atoms with E-state index in [1.54, 1.807) is 30.1 Å². The summed E-state index contributed by atoms with van der Waals surface area (Å²) >= 11 is 0. The summed E-state index contributed by atoms with van der Waals surface area (Å²) in [5.74, 6) is 0.292. The largest absolute Gasteiger partial charge is 0.497 e. The number of carbonyl (C=O) groups excluding carboxylic acids is 2. The molecule has 2 amide bonds. The number of hydrogen-bond donors (Lipinski definition) is 1. The molecule has 3 fully saturated rings. The van der Waals surface area contributed by atoms with Crippen molar-refractivity contribution in [2.45, 2.75) is 56.6 Å². The predicted molar refractivity (Wildman–Crippen MR) is 159 cm³/mol. The summed E-state index contributed by atoms with van der Waals surface area (Å²) < 4.78 is 56.9. The summed E-state index contributed by atoms with van der Waals surface area (Å²) in [6.07, 6.45) is 1.91. The highest BCUT2D eigenvalue weighted by Gasteiger charge is 2.59. The number of amides is 2. The molecule has 0 spiro atoms. The number of hydrogen-bond acceptors (Lipinski definition) is 7. The summed E-state index contributed by atoms with van der Waals surface area (Å²) in [7, 11) is 3.25. The van der Waals surface area contributed by atoms with Crippen LogP contribution in [0, 0.1) is 11.3 Å². The highest BCUT2D eigenvalue weighted by atomic mass is 19.4. The maximum Gasteiger partial charge on any atom is 0.417 e. The number of methoxy groups -OCH3 is 2. The molecule has 45 heavy (non-hydrogen) atoms. The van der Waals surface area contributed by atoms with Crippen LogP contribution in [0.3, 0.4) is 0 Å². The number of nitrogens with zero attached hydrogens (tertiary/aromatic N) is 3. The van der Waals surface area contributed by atoms with E-state index in [4.69, 9.17) is 14.2 Å². The van der Waals surface area contributed by atoms with E-state index < -0.39 is 17.2 Å². The molecule has 4 aliphatic rings. The molecular weight excluding hydrogens is 589 g/mol. The van der Waals surface area contributed by atoms with Gasteiger partial charge in [0, 0.05) is 76.4 Å². The number of halogens is 3. The third kappa shape index (κ3) is 6.45. The Morgan fingerprint density at radius 3 is 2.82 bits per heavy atom. The standard InChI is InChI=1S/C33H39F3N4O5/c1-43-26-5-3-4-21(12-26)6-7-30(41)40-18-24-14-25(38-28-9-11-45-19-29(28)44-2)15-32(24,20-40)31(42)39-10-8-27-22(17-39)13-23(16-37-27)33(34,35)36/h3-7,12-13,16,24-25,28-29,38H,8-11,14-15,17-20H2,1-2H3/t24-,25+,28?,29?,32-/m0/s1. The summed E-state index contributed by atoms with van der Waals surface area (Å²) in [4.78, 5) is 35.4. The zero-order chi connectivity index (χ0) is 31.8. The van der Waals surface area contributed by atoms with E-state index in [2.05, 4.69) is 10.3 Å². The molecule has 12 heteroatoms. The van der Waals surface area contributed by atoms with E-state index in [1.807, 2.05) is 24.3 Å². The van der Waals surface area contributed by atoms with Gasteiger partial charge in [-0.15, -0.1) is 0 Å². The monoisotopic (exact) mass is 628 g/mol. The zero-order valence-corrected chi connectivity index (χ0v) is 25.5. The van der Waals surface area contributed by atoms with E-state index >= 15 is 0 Å². The van der Waals surface area contributed by atoms with Crippen molar-refractivity contribution in [1.29, 1.82) is 0 Å². The van der Waals surface area contributed by atoms with E-state index in [-0.39, 0.29) is 49.0 Å². The lowest BCUT2D eigenvalue weighted by Crippen LogP contribution is -2.52. The zero-order valence-electron chi connectivity index (χ0n) is 25.5. The Hall–Kier alpha value is -3.48. The van der Waals surface area contributed by atoms with Crippen LogP contribution in [0.1, 0.15) is 41.6 Å². The van der Waals surface area contributed by atoms with Crippen LogP contribution in [-0.4, -0.2) is 91.9 Å². The molecular formula is C33H39F3N4O5. The number of carbonyl (C=O) groups is 2. The van der Waals surface area contributed by atoms with Gasteiger partial charge in [-0.2, -0.15) is 13.2 Å². The van der Waals surface area contributed by atoms with Crippen LogP contribution in [0.5, 0.6) is 5.75 Å². The van der Waals surface area contributed by atoms with Crippen molar-refractivity contribution in [1.82, 2.24) is 20.1 Å². The molecule has 2 saturated heterocycles. The van der Waals surface area contributed by atoms with Gasteiger partial charge in [0.2, 0.25) is 11.8 Å². The number of likely N-dealkylation sites (tertiary alicyclic amines) is 1. The molecule has 0 bridgehead atoms. The molecule has 2 aromatic rings. The SMILES string of the molecule is COc1cccc(C=CC(=O)N2C[C@@H]3C[C@@H](NC4CCOCC4OC)C[C@]3(C(=O)N3CCc4ncc(C(F)(F)F)cc4C3)C2)c1. The van der Waals surface area contributed by atoms with E-state index in [0.29, 0.717) is 62.6 Å². The molecule has 5 atom stereocenters. The molecule has 9 nitrogen and oxygen atoms in total. The first kappa shape index (κ1) is 31.5. The number of nitrogens with one attached hydrogen (secondary N) is 1. The molecule has 0 radical (unpaired) electrons. The number of ether oxygens (including phenoxy) is 3. The second-order valence-corrected chi connectivity index (χ2v) is 12.5. The van der Waals surface area contributed by atoms with Crippen molar-refractivity contribution in [2.24, 2.45) is 11.3 Å². The molecule has 1 saturated carbocycles. The number of pyridine rings is 1. The summed E-state index contributed by atoms with van der Waals surface area (Å²) in [6.45, 7) is 2.23. The Morgan fingerprint density at radius 2 is 2.04 bits per heavy atom. The quantitative estimate of drug-likeness (QED) is 0.468. The van der Waals surface area contributed by atoms with E-state index in [9.17, 15) is 22.8 Å². The van der Waals surface area contributed by atoms with Crippen molar-refractivity contribution in [3.63, 3.8) is 0 Å². The number of benzene rings is 1. The number of rotatable bonds is 7. The number of aromatic nitrogens is 1. The minimum Gasteiger partial charge on any atom is -0.497 e. The van der Waals surface area contributed by atoms with E-state index in [0.717, 1.165) is 24.2 Å². The second kappa shape index (κ2) is 12.7. The molecule has 242 valence electrons.